The molecule has 132 valence electrons. The molecule has 2 aromatic rings. The topological polar surface area (TPSA) is 84.5 Å². The molecule has 3 rings (SSSR count). The van der Waals surface area contributed by atoms with Crippen LogP contribution in [-0.4, -0.2) is 20.4 Å². The molecule has 0 saturated heterocycles. The predicted molar refractivity (Wildman–Crippen MR) is 96.8 cm³/mol. The van der Waals surface area contributed by atoms with Crippen molar-refractivity contribution in [1.82, 2.24) is 0 Å². The highest BCUT2D eigenvalue weighted by Crippen LogP contribution is 2.39. The number of rotatable bonds is 4. The van der Waals surface area contributed by atoms with Crippen LogP contribution in [0.5, 0.6) is 5.75 Å². The third-order valence-corrected chi connectivity index (χ3v) is 5.45. The van der Waals surface area contributed by atoms with Crippen molar-refractivity contribution in [3.63, 3.8) is 0 Å². The van der Waals surface area contributed by atoms with E-state index in [1.54, 1.807) is 19.1 Å². The second-order valence-electron chi connectivity index (χ2n) is 5.69. The molecule has 0 fully saturated rings. The summed E-state index contributed by atoms with van der Waals surface area (Å²) in [5, 5.41) is 2.78. The molecule has 8 heteroatoms. The number of carbonyl (C=O) groups excluding carboxylic acids is 1. The van der Waals surface area contributed by atoms with Crippen LogP contribution in [0.3, 0.4) is 0 Å². The van der Waals surface area contributed by atoms with Crippen LogP contribution in [0.15, 0.2) is 41.3 Å². The van der Waals surface area contributed by atoms with Crippen LogP contribution in [-0.2, 0) is 21.2 Å². The highest BCUT2D eigenvalue weighted by Gasteiger charge is 2.31. The summed E-state index contributed by atoms with van der Waals surface area (Å²) in [6, 6.07) is 9.84. The van der Waals surface area contributed by atoms with Crippen molar-refractivity contribution < 1.29 is 17.9 Å². The molecule has 25 heavy (non-hydrogen) atoms. The summed E-state index contributed by atoms with van der Waals surface area (Å²) in [6.07, 6.45) is 0.0618. The normalized spacial score (nSPS) is 16.6. The zero-order valence-corrected chi connectivity index (χ0v) is 15.2. The van der Waals surface area contributed by atoms with Crippen LogP contribution in [0.1, 0.15) is 19.4 Å². The number of hydrogen-bond acceptors (Lipinski definition) is 4. The highest BCUT2D eigenvalue weighted by molar-refractivity contribution is 7.92. The molecule has 0 saturated carbocycles. The number of halogens is 1. The lowest BCUT2D eigenvalue weighted by Crippen LogP contribution is -2.35. The predicted octanol–water partition coefficient (Wildman–Crippen LogP) is 3.42. The van der Waals surface area contributed by atoms with E-state index in [1.165, 1.54) is 12.1 Å². The maximum absolute atomic E-state index is 12.8. The Bertz CT molecular complexity index is 926. The molecule has 0 aromatic heterocycles. The molecule has 1 aliphatic heterocycles. The minimum absolute atomic E-state index is 0.0779. The van der Waals surface area contributed by atoms with E-state index in [2.05, 4.69) is 10.0 Å². The van der Waals surface area contributed by atoms with Gasteiger partial charge in [-0.1, -0.05) is 30.7 Å². The summed E-state index contributed by atoms with van der Waals surface area (Å²) in [5.41, 5.74) is 1.76. The fourth-order valence-electron chi connectivity index (χ4n) is 2.47. The number of anilines is 2. The standard InChI is InChI=1S/C17H17ClN2O4S/c1-3-11-4-6-13(7-5-11)20-25(22,23)15-9-12(18)8-14-16(15)24-10(2)17(21)19-14/h4-10,20H,3H2,1-2H3,(H,19,21). The molecular weight excluding hydrogens is 364 g/mol. The molecule has 6 nitrogen and oxygen atoms in total. The number of amides is 1. The van der Waals surface area contributed by atoms with E-state index in [0.29, 0.717) is 5.69 Å². The lowest BCUT2D eigenvalue weighted by molar-refractivity contribution is -0.122. The molecule has 2 aromatic carbocycles. The molecule has 1 heterocycles. The number of fused-ring (bicyclic) bond motifs is 1. The molecule has 1 atom stereocenters. The Morgan fingerprint density at radius 3 is 2.56 bits per heavy atom. The van der Waals surface area contributed by atoms with Gasteiger partial charge in [0.25, 0.3) is 15.9 Å². The van der Waals surface area contributed by atoms with Gasteiger partial charge < -0.3 is 10.1 Å². The quantitative estimate of drug-likeness (QED) is 0.851. The van der Waals surface area contributed by atoms with Gasteiger partial charge in [0.05, 0.1) is 5.69 Å². The van der Waals surface area contributed by atoms with Crippen LogP contribution in [0, 0.1) is 0 Å². The smallest absolute Gasteiger partial charge is 0.265 e. The lowest BCUT2D eigenvalue weighted by Gasteiger charge is -2.25. The van der Waals surface area contributed by atoms with E-state index in [9.17, 15) is 13.2 Å². The number of nitrogens with one attached hydrogen (secondary N) is 2. The Labute approximate surface area is 151 Å². The number of aryl methyl sites for hydroxylation is 1. The van der Waals surface area contributed by atoms with Crippen LogP contribution < -0.4 is 14.8 Å². The Morgan fingerprint density at radius 1 is 1.24 bits per heavy atom. The van der Waals surface area contributed by atoms with E-state index < -0.39 is 16.1 Å². The lowest BCUT2D eigenvalue weighted by atomic mass is 10.2. The van der Waals surface area contributed by atoms with Crippen molar-refractivity contribution in [3.8, 4) is 5.75 Å². The third-order valence-electron chi connectivity index (χ3n) is 3.85. The fraction of sp³-hybridized carbons (Fsp3) is 0.235. The monoisotopic (exact) mass is 380 g/mol. The number of sulfonamides is 1. The molecule has 0 aliphatic carbocycles. The Balaban J connectivity index is 2.00. The van der Waals surface area contributed by atoms with Crippen LogP contribution in [0.4, 0.5) is 11.4 Å². The van der Waals surface area contributed by atoms with Gasteiger partial charge in [0, 0.05) is 10.7 Å². The van der Waals surface area contributed by atoms with E-state index in [-0.39, 0.29) is 27.3 Å². The number of hydrogen-bond donors (Lipinski definition) is 2. The van der Waals surface area contributed by atoms with Gasteiger partial charge in [-0.15, -0.1) is 0 Å². The molecule has 0 spiro atoms. The molecule has 1 unspecified atom stereocenters. The SMILES string of the molecule is CCc1ccc(NS(=O)(=O)c2cc(Cl)cc3c2OC(C)C(=O)N3)cc1. The second-order valence-corrected chi connectivity index (χ2v) is 7.77. The third kappa shape index (κ3) is 3.57. The number of carbonyl (C=O) groups is 1. The molecule has 1 amide bonds. The van der Waals surface area contributed by atoms with Crippen molar-refractivity contribution in [3.05, 3.63) is 47.0 Å². The molecule has 0 bridgehead atoms. The van der Waals surface area contributed by atoms with Gasteiger partial charge in [0.2, 0.25) is 0 Å². The minimum atomic E-state index is -3.95. The van der Waals surface area contributed by atoms with Crippen molar-refractivity contribution in [2.24, 2.45) is 0 Å². The van der Waals surface area contributed by atoms with E-state index >= 15 is 0 Å². The maximum Gasteiger partial charge on any atom is 0.265 e. The van der Waals surface area contributed by atoms with Crippen molar-refractivity contribution in [2.75, 3.05) is 10.0 Å². The summed E-state index contributed by atoms with van der Waals surface area (Å²) in [5.74, 6) is -0.282. The van der Waals surface area contributed by atoms with Crippen molar-refractivity contribution in [2.45, 2.75) is 31.3 Å². The first kappa shape index (κ1) is 17.6. The van der Waals surface area contributed by atoms with E-state index in [1.807, 2.05) is 19.1 Å². The Kier molecular flexibility index (Phi) is 4.62. The molecule has 1 aliphatic rings. The molecular formula is C17H17ClN2O4S. The van der Waals surface area contributed by atoms with Gasteiger partial charge in [-0.25, -0.2) is 8.42 Å². The number of ether oxygens (including phenoxy) is 1. The minimum Gasteiger partial charge on any atom is -0.477 e. The fourth-order valence-corrected chi connectivity index (χ4v) is 3.99. The first-order chi connectivity index (χ1) is 11.8. The Morgan fingerprint density at radius 2 is 1.92 bits per heavy atom. The van der Waals surface area contributed by atoms with Gasteiger partial charge in [0.15, 0.2) is 11.9 Å². The van der Waals surface area contributed by atoms with Gasteiger partial charge in [-0.2, -0.15) is 0 Å². The molecule has 2 N–H and O–H groups in total. The second kappa shape index (κ2) is 6.57. The summed E-state index contributed by atoms with van der Waals surface area (Å²) >= 11 is 6.02. The number of benzene rings is 2. The van der Waals surface area contributed by atoms with E-state index in [0.717, 1.165) is 12.0 Å². The van der Waals surface area contributed by atoms with Gasteiger partial charge in [-0.05, 0) is 43.2 Å². The summed E-state index contributed by atoms with van der Waals surface area (Å²) < 4.78 is 33.6. The molecule has 0 radical (unpaired) electrons. The first-order valence-corrected chi connectivity index (χ1v) is 9.59. The first-order valence-electron chi connectivity index (χ1n) is 7.73. The summed E-state index contributed by atoms with van der Waals surface area (Å²) in [4.78, 5) is 11.6. The van der Waals surface area contributed by atoms with Crippen molar-refractivity contribution >= 4 is 38.9 Å². The van der Waals surface area contributed by atoms with Crippen LogP contribution in [0.2, 0.25) is 5.02 Å². The van der Waals surface area contributed by atoms with Gasteiger partial charge in [-0.3, -0.25) is 9.52 Å². The van der Waals surface area contributed by atoms with E-state index in [4.69, 9.17) is 16.3 Å². The largest absolute Gasteiger partial charge is 0.477 e. The average molecular weight is 381 g/mol. The van der Waals surface area contributed by atoms with Gasteiger partial charge >= 0.3 is 0 Å². The zero-order chi connectivity index (χ0) is 18.2. The maximum atomic E-state index is 12.8. The summed E-state index contributed by atoms with van der Waals surface area (Å²) in [6.45, 7) is 3.56. The zero-order valence-electron chi connectivity index (χ0n) is 13.7. The van der Waals surface area contributed by atoms with Crippen LogP contribution >= 0.6 is 11.6 Å². The van der Waals surface area contributed by atoms with Crippen LogP contribution in [0.25, 0.3) is 0 Å². The van der Waals surface area contributed by atoms with Crippen molar-refractivity contribution in [1.29, 1.82) is 0 Å². The Hall–Kier alpha value is -2.25. The summed E-state index contributed by atoms with van der Waals surface area (Å²) in [7, 11) is -3.95. The highest BCUT2D eigenvalue weighted by atomic mass is 35.5. The van der Waals surface area contributed by atoms with Gasteiger partial charge in [0.1, 0.15) is 4.90 Å². The average Bonchev–Trinajstić information content (AvgIpc) is 2.56.